The predicted molar refractivity (Wildman–Crippen MR) is 116 cm³/mol. The lowest BCUT2D eigenvalue weighted by atomic mass is 10.1. The molecule has 154 valence electrons. The van der Waals surface area contributed by atoms with Gasteiger partial charge in [-0.25, -0.2) is 4.79 Å². The Hall–Kier alpha value is -3.20. The highest BCUT2D eigenvalue weighted by atomic mass is 79.9. The molecular formula is C21H20BrN5O3. The molecule has 0 saturated carbocycles. The van der Waals surface area contributed by atoms with Crippen LogP contribution < -0.4 is 5.32 Å². The van der Waals surface area contributed by atoms with E-state index in [0.29, 0.717) is 37.7 Å². The van der Waals surface area contributed by atoms with Gasteiger partial charge in [0, 0.05) is 41.7 Å². The molecule has 0 unspecified atom stereocenters. The SMILES string of the molecule is O=C(Nc1ccccc1)N1CCC(=NOCc2nnc(-c3ccc(Br)cc3)o2)CC1. The summed E-state index contributed by atoms with van der Waals surface area (Å²) < 4.78 is 6.59. The second-order valence-corrected chi connectivity index (χ2v) is 7.64. The number of carbonyl (C=O) groups is 1. The zero-order valence-corrected chi connectivity index (χ0v) is 17.7. The van der Waals surface area contributed by atoms with E-state index in [1.165, 1.54) is 0 Å². The first kappa shape index (κ1) is 20.1. The number of amides is 2. The molecule has 1 fully saturated rings. The summed E-state index contributed by atoms with van der Waals surface area (Å²) in [5.41, 5.74) is 2.53. The van der Waals surface area contributed by atoms with Crippen LogP contribution in [-0.2, 0) is 11.4 Å². The summed E-state index contributed by atoms with van der Waals surface area (Å²) in [6.07, 6.45) is 1.33. The average Bonchev–Trinajstić information content (AvgIpc) is 3.24. The van der Waals surface area contributed by atoms with Crippen LogP contribution in [0.15, 0.2) is 68.6 Å². The van der Waals surface area contributed by atoms with Gasteiger partial charge in [0.25, 0.3) is 5.89 Å². The van der Waals surface area contributed by atoms with Crippen LogP contribution in [0.5, 0.6) is 0 Å². The van der Waals surface area contributed by atoms with Crippen LogP contribution in [0.1, 0.15) is 18.7 Å². The molecule has 30 heavy (non-hydrogen) atoms. The molecule has 0 aliphatic carbocycles. The topological polar surface area (TPSA) is 92.9 Å². The molecule has 2 heterocycles. The third-order valence-corrected chi connectivity index (χ3v) is 5.12. The Morgan fingerprint density at radius 3 is 2.57 bits per heavy atom. The number of urea groups is 1. The van der Waals surface area contributed by atoms with Gasteiger partial charge in [-0.2, -0.15) is 0 Å². The summed E-state index contributed by atoms with van der Waals surface area (Å²) in [4.78, 5) is 19.5. The van der Waals surface area contributed by atoms with Gasteiger partial charge in [-0.1, -0.05) is 39.3 Å². The van der Waals surface area contributed by atoms with Crippen LogP contribution in [0.2, 0.25) is 0 Å². The molecular weight excluding hydrogens is 450 g/mol. The number of hydrogen-bond acceptors (Lipinski definition) is 6. The van der Waals surface area contributed by atoms with Crippen molar-refractivity contribution < 1.29 is 14.0 Å². The summed E-state index contributed by atoms with van der Waals surface area (Å²) in [5, 5.41) is 15.1. The van der Waals surface area contributed by atoms with Crippen molar-refractivity contribution in [2.45, 2.75) is 19.4 Å². The van der Waals surface area contributed by atoms with E-state index in [2.05, 4.69) is 36.6 Å². The molecule has 1 saturated heterocycles. The van der Waals surface area contributed by atoms with E-state index in [4.69, 9.17) is 9.25 Å². The van der Waals surface area contributed by atoms with Crippen molar-refractivity contribution in [3.05, 3.63) is 65.0 Å². The summed E-state index contributed by atoms with van der Waals surface area (Å²) >= 11 is 3.39. The number of anilines is 1. The van der Waals surface area contributed by atoms with Gasteiger partial charge in [0.2, 0.25) is 5.89 Å². The molecule has 1 aliphatic rings. The summed E-state index contributed by atoms with van der Waals surface area (Å²) in [7, 11) is 0. The Balaban J connectivity index is 1.23. The monoisotopic (exact) mass is 469 g/mol. The summed E-state index contributed by atoms with van der Waals surface area (Å²) in [6.45, 7) is 1.29. The highest BCUT2D eigenvalue weighted by Gasteiger charge is 2.20. The van der Waals surface area contributed by atoms with Crippen molar-refractivity contribution in [3.63, 3.8) is 0 Å². The largest absolute Gasteiger partial charge is 0.417 e. The molecule has 1 aliphatic heterocycles. The molecule has 8 nitrogen and oxygen atoms in total. The lowest BCUT2D eigenvalue weighted by molar-refractivity contribution is 0.109. The third-order valence-electron chi connectivity index (χ3n) is 4.59. The Labute approximate surface area is 182 Å². The van der Waals surface area contributed by atoms with Gasteiger partial charge in [0.1, 0.15) is 0 Å². The first-order valence-electron chi connectivity index (χ1n) is 9.54. The lowest BCUT2D eigenvalue weighted by Gasteiger charge is -2.27. The summed E-state index contributed by atoms with van der Waals surface area (Å²) in [5.74, 6) is 0.795. The number of hydrogen-bond donors (Lipinski definition) is 1. The Morgan fingerprint density at radius 2 is 1.83 bits per heavy atom. The molecule has 9 heteroatoms. The number of halogens is 1. The van der Waals surface area contributed by atoms with Gasteiger partial charge in [0.15, 0.2) is 6.61 Å². The quantitative estimate of drug-likeness (QED) is 0.546. The van der Waals surface area contributed by atoms with E-state index in [9.17, 15) is 4.79 Å². The highest BCUT2D eigenvalue weighted by molar-refractivity contribution is 9.10. The molecule has 3 aromatic rings. The molecule has 0 bridgehead atoms. The van der Waals surface area contributed by atoms with E-state index in [1.807, 2.05) is 54.6 Å². The van der Waals surface area contributed by atoms with Crippen molar-refractivity contribution in [3.8, 4) is 11.5 Å². The maximum absolute atomic E-state index is 12.3. The first-order valence-corrected chi connectivity index (χ1v) is 10.3. The first-order chi connectivity index (χ1) is 14.7. The number of oxime groups is 1. The number of aromatic nitrogens is 2. The van der Waals surface area contributed by atoms with E-state index < -0.39 is 0 Å². The van der Waals surface area contributed by atoms with E-state index in [0.717, 1.165) is 21.4 Å². The van der Waals surface area contributed by atoms with Gasteiger partial charge >= 0.3 is 6.03 Å². The van der Waals surface area contributed by atoms with E-state index >= 15 is 0 Å². The molecule has 0 radical (unpaired) electrons. The Bertz CT molecular complexity index is 1010. The maximum Gasteiger partial charge on any atom is 0.321 e. The van der Waals surface area contributed by atoms with Gasteiger partial charge in [-0.05, 0) is 36.4 Å². The van der Waals surface area contributed by atoms with Crippen molar-refractivity contribution >= 4 is 33.4 Å². The van der Waals surface area contributed by atoms with E-state index in [-0.39, 0.29) is 12.6 Å². The standard InChI is InChI=1S/C21H20BrN5O3/c22-16-8-6-15(7-9-16)20-25-24-19(30-20)14-29-26-18-10-12-27(13-11-18)21(28)23-17-4-2-1-3-5-17/h1-9H,10-14H2,(H,23,28). The fourth-order valence-electron chi connectivity index (χ4n) is 2.98. The van der Waals surface area contributed by atoms with Crippen LogP contribution in [0.3, 0.4) is 0 Å². The maximum atomic E-state index is 12.3. The van der Waals surface area contributed by atoms with Crippen LogP contribution in [0, 0.1) is 0 Å². The highest BCUT2D eigenvalue weighted by Crippen LogP contribution is 2.20. The number of likely N-dealkylation sites (tertiary alicyclic amines) is 1. The van der Waals surface area contributed by atoms with Crippen LogP contribution in [0.25, 0.3) is 11.5 Å². The van der Waals surface area contributed by atoms with Gasteiger partial charge in [-0.15, -0.1) is 10.2 Å². The van der Waals surface area contributed by atoms with E-state index in [1.54, 1.807) is 4.90 Å². The van der Waals surface area contributed by atoms with Crippen molar-refractivity contribution in [1.29, 1.82) is 0 Å². The molecule has 1 aromatic heterocycles. The third kappa shape index (κ3) is 5.24. The number of piperidine rings is 1. The molecule has 0 spiro atoms. The van der Waals surface area contributed by atoms with Crippen LogP contribution in [0.4, 0.5) is 10.5 Å². The number of carbonyl (C=O) groups excluding carboxylic acids is 1. The average molecular weight is 470 g/mol. The van der Waals surface area contributed by atoms with Crippen LogP contribution in [-0.4, -0.2) is 39.9 Å². The Kier molecular flexibility index (Phi) is 6.38. The normalized spacial score (nSPS) is 13.8. The van der Waals surface area contributed by atoms with Crippen molar-refractivity contribution in [2.24, 2.45) is 5.16 Å². The Morgan fingerprint density at radius 1 is 1.10 bits per heavy atom. The predicted octanol–water partition coefficient (Wildman–Crippen LogP) is 4.70. The molecule has 4 rings (SSSR count). The minimum atomic E-state index is -0.104. The molecule has 1 N–H and O–H groups in total. The van der Waals surface area contributed by atoms with Gasteiger partial charge < -0.3 is 19.5 Å². The molecule has 0 atom stereocenters. The number of rotatable bonds is 5. The zero-order chi connectivity index (χ0) is 20.8. The van der Waals surface area contributed by atoms with Gasteiger partial charge in [-0.3, -0.25) is 0 Å². The summed E-state index contributed by atoms with van der Waals surface area (Å²) in [6, 6.07) is 16.9. The lowest BCUT2D eigenvalue weighted by Crippen LogP contribution is -2.41. The van der Waals surface area contributed by atoms with Crippen molar-refractivity contribution in [2.75, 3.05) is 18.4 Å². The molecule has 2 aromatic carbocycles. The zero-order valence-electron chi connectivity index (χ0n) is 16.1. The molecule has 2 amide bonds. The number of nitrogens with zero attached hydrogens (tertiary/aromatic N) is 4. The second kappa shape index (κ2) is 9.53. The fraction of sp³-hybridized carbons (Fsp3) is 0.238. The van der Waals surface area contributed by atoms with Crippen molar-refractivity contribution in [1.82, 2.24) is 15.1 Å². The fourth-order valence-corrected chi connectivity index (χ4v) is 3.25. The minimum Gasteiger partial charge on any atom is -0.417 e. The number of para-hydroxylation sites is 1. The van der Waals surface area contributed by atoms with Crippen LogP contribution >= 0.6 is 15.9 Å². The minimum absolute atomic E-state index is 0.102. The smallest absolute Gasteiger partial charge is 0.321 e. The second-order valence-electron chi connectivity index (χ2n) is 6.72. The van der Waals surface area contributed by atoms with Gasteiger partial charge in [0.05, 0.1) is 5.71 Å². The number of benzene rings is 2. The number of nitrogens with one attached hydrogen (secondary N) is 1.